The molecular weight excluding hydrogens is 352 g/mol. The fourth-order valence-electron chi connectivity index (χ4n) is 2.35. The number of aryl methyl sites for hydroxylation is 1. The van der Waals surface area contributed by atoms with Crippen LogP contribution in [0.2, 0.25) is 0 Å². The summed E-state index contributed by atoms with van der Waals surface area (Å²) in [6.45, 7) is 4.43. The minimum absolute atomic E-state index is 0.0678. The van der Waals surface area contributed by atoms with Crippen molar-refractivity contribution in [3.05, 3.63) is 59.2 Å². The van der Waals surface area contributed by atoms with Gasteiger partial charge in [-0.3, -0.25) is 4.79 Å². The quantitative estimate of drug-likeness (QED) is 0.742. The van der Waals surface area contributed by atoms with E-state index in [4.69, 9.17) is 4.74 Å². The number of sulfonamides is 1. The first-order valence-corrected chi connectivity index (χ1v) is 9.87. The molecule has 0 atom stereocenters. The molecule has 26 heavy (non-hydrogen) atoms. The average Bonchev–Trinajstić information content (AvgIpc) is 2.65. The molecule has 2 rings (SSSR count). The summed E-state index contributed by atoms with van der Waals surface area (Å²) in [5.41, 5.74) is 1.90. The maximum absolute atomic E-state index is 12.6. The van der Waals surface area contributed by atoms with Crippen LogP contribution >= 0.6 is 0 Å². The third-order valence-electron chi connectivity index (χ3n) is 3.92. The number of hydrogen-bond acceptors (Lipinski definition) is 4. The third kappa shape index (κ3) is 5.06. The summed E-state index contributed by atoms with van der Waals surface area (Å²) in [4.78, 5) is 12.3. The summed E-state index contributed by atoms with van der Waals surface area (Å²) in [5, 5.41) is 2.77. The normalized spacial score (nSPS) is 11.2. The fraction of sp³-hybridized carbons (Fsp3) is 0.316. The second kappa shape index (κ2) is 8.82. The topological polar surface area (TPSA) is 84.5 Å². The van der Waals surface area contributed by atoms with Crippen molar-refractivity contribution in [2.75, 3.05) is 13.7 Å². The molecule has 2 aromatic rings. The van der Waals surface area contributed by atoms with E-state index in [1.807, 2.05) is 6.92 Å². The second-order valence-electron chi connectivity index (χ2n) is 5.91. The molecule has 0 aliphatic rings. The number of ether oxygens (including phenoxy) is 1. The van der Waals surface area contributed by atoms with E-state index in [0.717, 1.165) is 17.5 Å². The van der Waals surface area contributed by atoms with Gasteiger partial charge in [0.2, 0.25) is 10.0 Å². The maximum atomic E-state index is 12.6. The SMILES string of the molecule is CCCNC(=O)c1cc(S(=O)(=O)NCc2ccc(OC)cc2)ccc1C. The van der Waals surface area contributed by atoms with Gasteiger partial charge in [-0.05, 0) is 48.7 Å². The highest BCUT2D eigenvalue weighted by Crippen LogP contribution is 2.17. The largest absolute Gasteiger partial charge is 0.497 e. The zero-order valence-electron chi connectivity index (χ0n) is 15.2. The summed E-state index contributed by atoms with van der Waals surface area (Å²) < 4.78 is 32.8. The van der Waals surface area contributed by atoms with Crippen molar-refractivity contribution in [2.45, 2.75) is 31.7 Å². The van der Waals surface area contributed by atoms with Crippen molar-refractivity contribution in [3.63, 3.8) is 0 Å². The summed E-state index contributed by atoms with van der Waals surface area (Å²) in [5.74, 6) is 0.439. The maximum Gasteiger partial charge on any atom is 0.251 e. The molecule has 0 unspecified atom stereocenters. The molecule has 0 fully saturated rings. The van der Waals surface area contributed by atoms with Gasteiger partial charge < -0.3 is 10.1 Å². The number of amides is 1. The molecule has 0 saturated heterocycles. The van der Waals surface area contributed by atoms with Crippen molar-refractivity contribution < 1.29 is 17.9 Å². The van der Waals surface area contributed by atoms with Crippen LogP contribution in [0.5, 0.6) is 5.75 Å². The Balaban J connectivity index is 2.15. The van der Waals surface area contributed by atoms with Crippen LogP contribution < -0.4 is 14.8 Å². The van der Waals surface area contributed by atoms with E-state index in [2.05, 4.69) is 10.0 Å². The van der Waals surface area contributed by atoms with Crippen LogP contribution in [0.15, 0.2) is 47.4 Å². The highest BCUT2D eigenvalue weighted by molar-refractivity contribution is 7.89. The van der Waals surface area contributed by atoms with Crippen LogP contribution in [-0.2, 0) is 16.6 Å². The lowest BCUT2D eigenvalue weighted by molar-refractivity contribution is 0.0953. The molecule has 0 aliphatic heterocycles. The second-order valence-corrected chi connectivity index (χ2v) is 7.67. The van der Waals surface area contributed by atoms with E-state index in [9.17, 15) is 13.2 Å². The molecule has 0 bridgehead atoms. The predicted octanol–water partition coefficient (Wildman–Crippen LogP) is 2.62. The first-order chi connectivity index (χ1) is 12.4. The number of carbonyl (C=O) groups excluding carboxylic acids is 1. The van der Waals surface area contributed by atoms with E-state index in [-0.39, 0.29) is 17.3 Å². The minimum atomic E-state index is -3.73. The summed E-state index contributed by atoms with van der Waals surface area (Å²) >= 11 is 0. The first-order valence-electron chi connectivity index (χ1n) is 8.39. The average molecular weight is 376 g/mol. The summed E-state index contributed by atoms with van der Waals surface area (Å²) in [7, 11) is -2.16. The highest BCUT2D eigenvalue weighted by Gasteiger charge is 2.17. The minimum Gasteiger partial charge on any atom is -0.497 e. The van der Waals surface area contributed by atoms with Crippen LogP contribution in [0.1, 0.15) is 34.8 Å². The fourth-order valence-corrected chi connectivity index (χ4v) is 3.40. The number of nitrogens with one attached hydrogen (secondary N) is 2. The predicted molar refractivity (Wildman–Crippen MR) is 101 cm³/mol. The van der Waals surface area contributed by atoms with Crippen LogP contribution in [0, 0.1) is 6.92 Å². The molecule has 140 valence electrons. The van der Waals surface area contributed by atoms with Crippen molar-refractivity contribution in [1.82, 2.24) is 10.0 Å². The number of rotatable bonds is 8. The van der Waals surface area contributed by atoms with Gasteiger partial charge in [0.05, 0.1) is 12.0 Å². The van der Waals surface area contributed by atoms with Crippen LogP contribution in [0.25, 0.3) is 0 Å². The summed E-state index contributed by atoms with van der Waals surface area (Å²) in [6, 6.07) is 11.7. The lowest BCUT2D eigenvalue weighted by atomic mass is 10.1. The molecule has 0 aliphatic carbocycles. The standard InChI is InChI=1S/C19H24N2O4S/c1-4-11-20-19(22)18-12-17(10-5-14(18)2)26(23,24)21-13-15-6-8-16(25-3)9-7-15/h5-10,12,21H,4,11,13H2,1-3H3,(H,20,22). The summed E-state index contributed by atoms with van der Waals surface area (Å²) in [6.07, 6.45) is 0.812. The van der Waals surface area contributed by atoms with Gasteiger partial charge in [0.15, 0.2) is 0 Å². The smallest absolute Gasteiger partial charge is 0.251 e. The molecule has 2 aromatic carbocycles. The molecule has 6 nitrogen and oxygen atoms in total. The van der Waals surface area contributed by atoms with Crippen molar-refractivity contribution in [1.29, 1.82) is 0 Å². The Hall–Kier alpha value is -2.38. The van der Waals surface area contributed by atoms with Crippen molar-refractivity contribution >= 4 is 15.9 Å². The molecule has 2 N–H and O–H groups in total. The van der Waals surface area contributed by atoms with Crippen LogP contribution in [0.4, 0.5) is 0 Å². The van der Waals surface area contributed by atoms with E-state index in [1.54, 1.807) is 44.4 Å². The number of hydrogen-bond donors (Lipinski definition) is 2. The van der Waals surface area contributed by atoms with E-state index < -0.39 is 10.0 Å². The highest BCUT2D eigenvalue weighted by atomic mass is 32.2. The lowest BCUT2D eigenvalue weighted by Gasteiger charge is -2.11. The van der Waals surface area contributed by atoms with Crippen molar-refractivity contribution in [2.24, 2.45) is 0 Å². The Kier molecular flexibility index (Phi) is 6.76. The Labute approximate surface area is 154 Å². The Morgan fingerprint density at radius 3 is 2.42 bits per heavy atom. The van der Waals surface area contributed by atoms with Gasteiger partial charge in [0.25, 0.3) is 5.91 Å². The third-order valence-corrected chi connectivity index (χ3v) is 5.32. The zero-order valence-corrected chi connectivity index (χ0v) is 16.0. The van der Waals surface area contributed by atoms with Gasteiger partial charge in [-0.2, -0.15) is 0 Å². The van der Waals surface area contributed by atoms with Gasteiger partial charge in [-0.1, -0.05) is 25.1 Å². The van der Waals surface area contributed by atoms with E-state index in [1.165, 1.54) is 12.1 Å². The monoisotopic (exact) mass is 376 g/mol. The van der Waals surface area contributed by atoms with Crippen LogP contribution in [0.3, 0.4) is 0 Å². The number of carbonyl (C=O) groups is 1. The zero-order chi connectivity index (χ0) is 19.2. The lowest BCUT2D eigenvalue weighted by Crippen LogP contribution is -2.26. The van der Waals surface area contributed by atoms with Gasteiger partial charge in [0, 0.05) is 18.7 Å². The van der Waals surface area contributed by atoms with E-state index in [0.29, 0.717) is 17.9 Å². The Morgan fingerprint density at radius 1 is 1.12 bits per heavy atom. The first kappa shape index (κ1) is 19.9. The Bertz CT molecular complexity index is 862. The molecule has 7 heteroatoms. The number of methoxy groups -OCH3 is 1. The van der Waals surface area contributed by atoms with Gasteiger partial charge in [0.1, 0.15) is 5.75 Å². The van der Waals surface area contributed by atoms with Crippen LogP contribution in [-0.4, -0.2) is 28.0 Å². The number of benzene rings is 2. The molecule has 0 heterocycles. The molecule has 0 aromatic heterocycles. The molecule has 0 saturated carbocycles. The van der Waals surface area contributed by atoms with Gasteiger partial charge in [-0.25, -0.2) is 13.1 Å². The molecule has 1 amide bonds. The molecular formula is C19H24N2O4S. The van der Waals surface area contributed by atoms with Gasteiger partial charge in [-0.15, -0.1) is 0 Å². The Morgan fingerprint density at radius 2 is 1.81 bits per heavy atom. The molecule has 0 spiro atoms. The van der Waals surface area contributed by atoms with E-state index >= 15 is 0 Å². The van der Waals surface area contributed by atoms with Gasteiger partial charge >= 0.3 is 0 Å². The van der Waals surface area contributed by atoms with Crippen molar-refractivity contribution in [3.8, 4) is 5.75 Å². The molecule has 0 radical (unpaired) electrons.